The molecule has 0 atom stereocenters. The predicted octanol–water partition coefficient (Wildman–Crippen LogP) is 2.09. The van der Waals surface area contributed by atoms with Gasteiger partial charge in [-0.25, -0.2) is 0 Å². The van der Waals surface area contributed by atoms with Gasteiger partial charge in [0.1, 0.15) is 0 Å². The van der Waals surface area contributed by atoms with Crippen LogP contribution in [-0.2, 0) is 17.3 Å². The first-order valence-corrected chi connectivity index (χ1v) is 8.59. The molecule has 1 saturated heterocycles. The van der Waals surface area contributed by atoms with Crippen LogP contribution in [0.2, 0.25) is 0 Å². The van der Waals surface area contributed by atoms with Gasteiger partial charge in [-0.2, -0.15) is 0 Å². The fraction of sp³-hybridized carbons (Fsp3) is 0.600. The summed E-state index contributed by atoms with van der Waals surface area (Å²) < 4.78 is 22.2. The highest BCUT2D eigenvalue weighted by molar-refractivity contribution is 7.85. The molecule has 0 radical (unpaired) electrons. The van der Waals surface area contributed by atoms with Gasteiger partial charge in [0.05, 0.1) is 13.7 Å². The van der Waals surface area contributed by atoms with E-state index in [1.165, 1.54) is 5.56 Å². The summed E-state index contributed by atoms with van der Waals surface area (Å²) in [6, 6.07) is 6.49. The van der Waals surface area contributed by atoms with Crippen molar-refractivity contribution in [3.05, 3.63) is 23.8 Å². The first kappa shape index (κ1) is 15.3. The Labute approximate surface area is 123 Å². The number of benzene rings is 1. The van der Waals surface area contributed by atoms with Gasteiger partial charge in [0.15, 0.2) is 11.5 Å². The van der Waals surface area contributed by atoms with Crippen LogP contribution in [-0.4, -0.2) is 35.5 Å². The number of nitrogens with one attached hydrogen (secondary N) is 1. The van der Waals surface area contributed by atoms with Crippen LogP contribution < -0.4 is 14.8 Å². The van der Waals surface area contributed by atoms with Crippen LogP contribution in [0.15, 0.2) is 18.2 Å². The highest BCUT2D eigenvalue weighted by Crippen LogP contribution is 2.28. The smallest absolute Gasteiger partial charge is 0.161 e. The third-order valence-electron chi connectivity index (χ3n) is 3.51. The van der Waals surface area contributed by atoms with Crippen LogP contribution in [0.5, 0.6) is 11.5 Å². The third kappa shape index (κ3) is 4.21. The number of methoxy groups -OCH3 is 1. The second kappa shape index (κ2) is 7.64. The van der Waals surface area contributed by atoms with E-state index in [2.05, 4.69) is 11.4 Å². The molecule has 4 nitrogen and oxygen atoms in total. The van der Waals surface area contributed by atoms with Crippen molar-refractivity contribution >= 4 is 10.8 Å². The average molecular weight is 297 g/mol. The molecule has 20 heavy (non-hydrogen) atoms. The Hall–Kier alpha value is -1.07. The number of hydrogen-bond donors (Lipinski definition) is 1. The van der Waals surface area contributed by atoms with E-state index in [1.54, 1.807) is 7.11 Å². The quantitative estimate of drug-likeness (QED) is 0.873. The second-order valence-electron chi connectivity index (χ2n) is 4.92. The van der Waals surface area contributed by atoms with E-state index >= 15 is 0 Å². The Kier molecular flexibility index (Phi) is 5.86. The maximum atomic E-state index is 11.3. The van der Waals surface area contributed by atoms with Gasteiger partial charge in [0.25, 0.3) is 0 Å². The van der Waals surface area contributed by atoms with Gasteiger partial charge >= 0.3 is 0 Å². The van der Waals surface area contributed by atoms with Crippen LogP contribution in [0.1, 0.15) is 25.3 Å². The first-order chi connectivity index (χ1) is 9.72. The van der Waals surface area contributed by atoms with Crippen LogP contribution in [0.4, 0.5) is 0 Å². The fourth-order valence-electron chi connectivity index (χ4n) is 2.36. The van der Waals surface area contributed by atoms with Crippen molar-refractivity contribution in [1.82, 2.24) is 5.32 Å². The van der Waals surface area contributed by atoms with Crippen molar-refractivity contribution in [1.29, 1.82) is 0 Å². The highest BCUT2D eigenvalue weighted by Gasteiger charge is 2.17. The molecule has 0 saturated carbocycles. The van der Waals surface area contributed by atoms with Gasteiger partial charge in [0.2, 0.25) is 0 Å². The van der Waals surface area contributed by atoms with Crippen LogP contribution in [0.25, 0.3) is 0 Å². The van der Waals surface area contributed by atoms with E-state index < -0.39 is 10.8 Å². The lowest BCUT2D eigenvalue weighted by atomic mass is 10.1. The van der Waals surface area contributed by atoms with Crippen molar-refractivity contribution in [2.24, 2.45) is 0 Å². The van der Waals surface area contributed by atoms with Gasteiger partial charge in [-0.3, -0.25) is 4.21 Å². The first-order valence-electron chi connectivity index (χ1n) is 7.11. The van der Waals surface area contributed by atoms with Crippen molar-refractivity contribution in [2.45, 2.75) is 32.4 Å². The molecule has 2 rings (SSSR count). The van der Waals surface area contributed by atoms with Gasteiger partial charge in [0, 0.05) is 34.9 Å². The summed E-state index contributed by atoms with van der Waals surface area (Å²) in [4.78, 5) is 0. The summed E-state index contributed by atoms with van der Waals surface area (Å²) in [5.41, 5.74) is 1.18. The Morgan fingerprint density at radius 1 is 1.30 bits per heavy atom. The number of rotatable bonds is 6. The van der Waals surface area contributed by atoms with Gasteiger partial charge in [-0.1, -0.05) is 6.07 Å². The predicted molar refractivity (Wildman–Crippen MR) is 81.9 cm³/mol. The molecular formula is C15H23NO3S. The monoisotopic (exact) mass is 297 g/mol. The lowest BCUT2D eigenvalue weighted by Crippen LogP contribution is -2.35. The van der Waals surface area contributed by atoms with E-state index in [9.17, 15) is 4.21 Å². The molecule has 0 aromatic heterocycles. The zero-order valence-corrected chi connectivity index (χ0v) is 13.0. The lowest BCUT2D eigenvalue weighted by molar-refractivity contribution is 0.310. The van der Waals surface area contributed by atoms with E-state index in [0.29, 0.717) is 12.6 Å². The molecule has 0 unspecified atom stereocenters. The average Bonchev–Trinajstić information content (AvgIpc) is 2.47. The molecule has 112 valence electrons. The summed E-state index contributed by atoms with van der Waals surface area (Å²) in [5.74, 6) is 3.21. The minimum absolute atomic E-state index is 0.477. The number of hydrogen-bond acceptors (Lipinski definition) is 4. The molecule has 1 fully saturated rings. The van der Waals surface area contributed by atoms with E-state index in [0.717, 1.165) is 42.4 Å². The summed E-state index contributed by atoms with van der Waals surface area (Å²) >= 11 is 0. The van der Waals surface area contributed by atoms with Crippen LogP contribution >= 0.6 is 0 Å². The third-order valence-corrected chi connectivity index (χ3v) is 4.89. The second-order valence-corrected chi connectivity index (χ2v) is 6.62. The van der Waals surface area contributed by atoms with Gasteiger partial charge in [-0.05, 0) is 37.5 Å². The molecule has 0 aliphatic carbocycles. The lowest BCUT2D eigenvalue weighted by Gasteiger charge is -2.22. The maximum absolute atomic E-state index is 11.3. The van der Waals surface area contributed by atoms with Crippen molar-refractivity contribution in [2.75, 3.05) is 25.2 Å². The van der Waals surface area contributed by atoms with E-state index in [-0.39, 0.29) is 0 Å². The minimum atomic E-state index is -0.596. The molecule has 1 heterocycles. The molecule has 0 spiro atoms. The number of ether oxygens (including phenoxy) is 2. The van der Waals surface area contributed by atoms with Crippen LogP contribution in [0, 0.1) is 0 Å². The maximum Gasteiger partial charge on any atom is 0.161 e. The largest absolute Gasteiger partial charge is 0.493 e. The molecule has 1 aliphatic heterocycles. The van der Waals surface area contributed by atoms with Gasteiger partial charge in [-0.15, -0.1) is 0 Å². The topological polar surface area (TPSA) is 47.6 Å². The van der Waals surface area contributed by atoms with Crippen molar-refractivity contribution in [3.63, 3.8) is 0 Å². The fourth-order valence-corrected chi connectivity index (χ4v) is 3.66. The highest BCUT2D eigenvalue weighted by atomic mass is 32.2. The van der Waals surface area contributed by atoms with Crippen LogP contribution in [0.3, 0.4) is 0 Å². The summed E-state index contributed by atoms with van der Waals surface area (Å²) in [6.07, 6.45) is 2.00. The molecule has 1 N–H and O–H groups in total. The molecule has 5 heteroatoms. The summed E-state index contributed by atoms with van der Waals surface area (Å²) in [6.45, 7) is 3.40. The summed E-state index contributed by atoms with van der Waals surface area (Å²) in [5, 5.41) is 3.53. The SMILES string of the molecule is CCOc1cc(CNC2CCS(=O)CC2)ccc1OC. The van der Waals surface area contributed by atoms with E-state index in [1.807, 2.05) is 19.1 Å². The zero-order chi connectivity index (χ0) is 14.4. The van der Waals surface area contributed by atoms with Gasteiger partial charge < -0.3 is 14.8 Å². The Morgan fingerprint density at radius 3 is 2.70 bits per heavy atom. The molecular weight excluding hydrogens is 274 g/mol. The molecule has 1 aliphatic rings. The summed E-state index contributed by atoms with van der Waals surface area (Å²) in [7, 11) is 1.05. The molecule has 1 aromatic carbocycles. The Bertz CT molecular complexity index is 454. The standard InChI is InChI=1S/C15H23NO3S/c1-3-19-15-10-12(4-5-14(15)18-2)11-16-13-6-8-20(17)9-7-13/h4-5,10,13,16H,3,6-9,11H2,1-2H3. The van der Waals surface area contributed by atoms with Crippen molar-refractivity contribution in [3.8, 4) is 11.5 Å². The minimum Gasteiger partial charge on any atom is -0.493 e. The van der Waals surface area contributed by atoms with E-state index in [4.69, 9.17) is 9.47 Å². The molecule has 0 bridgehead atoms. The molecule has 1 aromatic rings. The zero-order valence-electron chi connectivity index (χ0n) is 12.2. The Morgan fingerprint density at radius 2 is 2.05 bits per heavy atom. The van der Waals surface area contributed by atoms with Crippen molar-refractivity contribution < 1.29 is 13.7 Å². The molecule has 0 amide bonds. The normalized spacial score (nSPS) is 22.5. The Balaban J connectivity index is 1.92.